The van der Waals surface area contributed by atoms with Gasteiger partial charge in [-0.25, -0.2) is 4.39 Å². The van der Waals surface area contributed by atoms with E-state index in [1.54, 1.807) is 24.3 Å². The molecule has 0 atom stereocenters. The highest BCUT2D eigenvalue weighted by Crippen LogP contribution is 2.27. The monoisotopic (exact) mass is 306 g/mol. The van der Waals surface area contributed by atoms with Crippen LogP contribution in [0.25, 0.3) is 0 Å². The topological polar surface area (TPSA) is 26.3 Å². The molecule has 0 N–H and O–H groups in total. The molecule has 0 fully saturated rings. The van der Waals surface area contributed by atoms with Crippen molar-refractivity contribution in [2.75, 3.05) is 6.61 Å². The lowest BCUT2D eigenvalue weighted by Gasteiger charge is -2.12. The van der Waals surface area contributed by atoms with Crippen molar-refractivity contribution in [3.63, 3.8) is 0 Å². The molecule has 2 nitrogen and oxygen atoms in total. The molecular formula is C17H16ClFO2. The maximum atomic E-state index is 12.8. The van der Waals surface area contributed by atoms with Gasteiger partial charge in [-0.3, -0.25) is 4.79 Å². The molecule has 0 aliphatic rings. The molecule has 0 unspecified atom stereocenters. The van der Waals surface area contributed by atoms with E-state index in [-0.39, 0.29) is 24.6 Å². The van der Waals surface area contributed by atoms with Crippen molar-refractivity contribution in [1.82, 2.24) is 0 Å². The number of aryl methyl sites for hydroxylation is 2. The summed E-state index contributed by atoms with van der Waals surface area (Å²) in [7, 11) is 0. The molecule has 4 heteroatoms. The van der Waals surface area contributed by atoms with Crippen molar-refractivity contribution in [2.24, 2.45) is 0 Å². The second-order valence-corrected chi connectivity index (χ2v) is 5.44. The Hall–Kier alpha value is -1.87. The van der Waals surface area contributed by atoms with E-state index in [0.29, 0.717) is 10.8 Å². The van der Waals surface area contributed by atoms with E-state index in [1.807, 2.05) is 13.8 Å². The lowest BCUT2D eigenvalue weighted by Crippen LogP contribution is -2.14. The van der Waals surface area contributed by atoms with E-state index in [1.165, 1.54) is 12.1 Å². The van der Waals surface area contributed by atoms with E-state index in [2.05, 4.69) is 0 Å². The summed E-state index contributed by atoms with van der Waals surface area (Å²) in [5.41, 5.74) is 2.57. The summed E-state index contributed by atoms with van der Waals surface area (Å²) in [6.07, 6.45) is 0.228. The van der Waals surface area contributed by atoms with Crippen LogP contribution < -0.4 is 4.74 Å². The minimum atomic E-state index is -0.310. The molecule has 0 saturated carbocycles. The largest absolute Gasteiger partial charge is 0.485 e. The minimum absolute atomic E-state index is 0.0132. The first-order chi connectivity index (χ1) is 9.95. The Morgan fingerprint density at radius 1 is 1.14 bits per heavy atom. The van der Waals surface area contributed by atoms with Gasteiger partial charge in [-0.2, -0.15) is 0 Å². The maximum Gasteiger partial charge on any atom is 0.174 e. The van der Waals surface area contributed by atoms with E-state index in [0.717, 1.165) is 16.7 Å². The third-order valence-electron chi connectivity index (χ3n) is 3.12. The van der Waals surface area contributed by atoms with E-state index < -0.39 is 0 Å². The number of hydrogen-bond acceptors (Lipinski definition) is 2. The summed E-state index contributed by atoms with van der Waals surface area (Å²) in [5.74, 6) is 0.317. The molecule has 21 heavy (non-hydrogen) atoms. The van der Waals surface area contributed by atoms with Crippen molar-refractivity contribution in [1.29, 1.82) is 0 Å². The van der Waals surface area contributed by atoms with Crippen LogP contribution in [-0.2, 0) is 11.2 Å². The van der Waals surface area contributed by atoms with E-state index in [9.17, 15) is 9.18 Å². The Bertz CT molecular complexity index is 627. The summed E-state index contributed by atoms with van der Waals surface area (Å²) >= 11 is 5.95. The Kier molecular flexibility index (Phi) is 4.97. The van der Waals surface area contributed by atoms with Crippen molar-refractivity contribution in [3.8, 4) is 5.75 Å². The SMILES string of the molecule is Cc1cc(Cl)cc(C)c1OCC(=O)Cc1ccc(F)cc1. The fourth-order valence-corrected chi connectivity index (χ4v) is 2.49. The second kappa shape index (κ2) is 6.72. The van der Waals surface area contributed by atoms with Gasteiger partial charge in [0.1, 0.15) is 18.2 Å². The zero-order valence-electron chi connectivity index (χ0n) is 12.0. The van der Waals surface area contributed by atoms with Crippen LogP contribution in [0.4, 0.5) is 4.39 Å². The number of benzene rings is 2. The number of halogens is 2. The number of hydrogen-bond donors (Lipinski definition) is 0. The van der Waals surface area contributed by atoms with Crippen molar-refractivity contribution in [2.45, 2.75) is 20.3 Å². The molecule has 0 bridgehead atoms. The highest BCUT2D eigenvalue weighted by Gasteiger charge is 2.09. The first-order valence-electron chi connectivity index (χ1n) is 6.61. The van der Waals surface area contributed by atoms with Gasteiger partial charge in [0, 0.05) is 11.4 Å². The van der Waals surface area contributed by atoms with Gasteiger partial charge in [0.2, 0.25) is 0 Å². The van der Waals surface area contributed by atoms with Crippen LogP contribution in [0.1, 0.15) is 16.7 Å². The molecule has 2 rings (SSSR count). The van der Waals surface area contributed by atoms with Crippen LogP contribution >= 0.6 is 11.6 Å². The molecule has 0 aliphatic heterocycles. The van der Waals surface area contributed by atoms with Gasteiger partial charge in [-0.05, 0) is 54.8 Å². The molecule has 0 radical (unpaired) electrons. The number of ketones is 1. The Morgan fingerprint density at radius 3 is 2.29 bits per heavy atom. The molecule has 2 aromatic rings. The average Bonchev–Trinajstić information content (AvgIpc) is 2.40. The fraction of sp³-hybridized carbons (Fsp3) is 0.235. The van der Waals surface area contributed by atoms with Crippen LogP contribution in [0.2, 0.25) is 5.02 Å². The summed E-state index contributed by atoms with van der Waals surface area (Å²) in [6.45, 7) is 3.76. The molecule has 0 aliphatic carbocycles. The van der Waals surface area contributed by atoms with Gasteiger partial charge in [0.15, 0.2) is 5.78 Å². The first-order valence-corrected chi connectivity index (χ1v) is 6.99. The zero-order chi connectivity index (χ0) is 15.4. The maximum absolute atomic E-state index is 12.8. The molecule has 110 valence electrons. The van der Waals surface area contributed by atoms with E-state index >= 15 is 0 Å². The third kappa shape index (κ3) is 4.30. The fourth-order valence-electron chi connectivity index (χ4n) is 2.16. The summed E-state index contributed by atoms with van der Waals surface area (Å²) in [6, 6.07) is 9.49. The van der Waals surface area contributed by atoms with Crippen molar-refractivity contribution in [3.05, 3.63) is 63.9 Å². The Labute approximate surface area is 128 Å². The van der Waals surface area contributed by atoms with Crippen LogP contribution in [0.3, 0.4) is 0 Å². The molecule has 0 spiro atoms. The highest BCUT2D eigenvalue weighted by molar-refractivity contribution is 6.30. The van der Waals surface area contributed by atoms with Gasteiger partial charge in [-0.1, -0.05) is 23.7 Å². The second-order valence-electron chi connectivity index (χ2n) is 5.00. The van der Waals surface area contributed by atoms with Crippen LogP contribution in [0.15, 0.2) is 36.4 Å². The Morgan fingerprint density at radius 2 is 1.71 bits per heavy atom. The number of carbonyl (C=O) groups excluding carboxylic acids is 1. The number of ether oxygens (including phenoxy) is 1. The molecule has 0 heterocycles. The molecule has 0 saturated heterocycles. The lowest BCUT2D eigenvalue weighted by atomic mass is 10.1. The standard InChI is InChI=1S/C17H16ClFO2/c1-11-7-14(18)8-12(2)17(11)21-10-16(20)9-13-3-5-15(19)6-4-13/h3-8H,9-10H2,1-2H3. The smallest absolute Gasteiger partial charge is 0.174 e. The number of rotatable bonds is 5. The lowest BCUT2D eigenvalue weighted by molar-refractivity contribution is -0.120. The molecule has 2 aromatic carbocycles. The quantitative estimate of drug-likeness (QED) is 0.824. The molecule has 0 amide bonds. The zero-order valence-corrected chi connectivity index (χ0v) is 12.7. The summed E-state index contributed by atoms with van der Waals surface area (Å²) < 4.78 is 18.4. The Balaban J connectivity index is 1.97. The highest BCUT2D eigenvalue weighted by atomic mass is 35.5. The van der Waals surface area contributed by atoms with Crippen LogP contribution in [-0.4, -0.2) is 12.4 Å². The van der Waals surface area contributed by atoms with Gasteiger partial charge in [0.25, 0.3) is 0 Å². The van der Waals surface area contributed by atoms with Crippen molar-refractivity contribution >= 4 is 17.4 Å². The summed E-state index contributed by atoms with van der Waals surface area (Å²) in [5, 5.41) is 0.648. The van der Waals surface area contributed by atoms with Crippen LogP contribution in [0, 0.1) is 19.7 Å². The van der Waals surface area contributed by atoms with Crippen LogP contribution in [0.5, 0.6) is 5.75 Å². The number of carbonyl (C=O) groups is 1. The molecule has 0 aromatic heterocycles. The third-order valence-corrected chi connectivity index (χ3v) is 3.34. The number of Topliss-reactive ketones (excluding diaryl/α,β-unsaturated/α-hetero) is 1. The van der Waals surface area contributed by atoms with Crippen molar-refractivity contribution < 1.29 is 13.9 Å². The first kappa shape index (κ1) is 15.5. The predicted molar refractivity (Wildman–Crippen MR) is 81.5 cm³/mol. The minimum Gasteiger partial charge on any atom is -0.485 e. The molecular weight excluding hydrogens is 291 g/mol. The summed E-state index contributed by atoms with van der Waals surface area (Å²) in [4.78, 5) is 11.9. The average molecular weight is 307 g/mol. The van der Waals surface area contributed by atoms with Gasteiger partial charge < -0.3 is 4.74 Å². The normalized spacial score (nSPS) is 10.5. The van der Waals surface area contributed by atoms with Gasteiger partial charge >= 0.3 is 0 Å². The van der Waals surface area contributed by atoms with E-state index in [4.69, 9.17) is 16.3 Å². The predicted octanol–water partition coefficient (Wildman–Crippen LogP) is 4.29. The van der Waals surface area contributed by atoms with Gasteiger partial charge in [-0.15, -0.1) is 0 Å². The van der Waals surface area contributed by atoms with Gasteiger partial charge in [0.05, 0.1) is 0 Å².